The van der Waals surface area contributed by atoms with E-state index in [-0.39, 0.29) is 5.57 Å². The number of nitriles is 1. The Kier molecular flexibility index (Phi) is 7.11. The molecule has 0 spiro atoms. The fourth-order valence-electron chi connectivity index (χ4n) is 2.52. The molecule has 0 fully saturated rings. The zero-order chi connectivity index (χ0) is 20.7. The predicted octanol–water partition coefficient (Wildman–Crippen LogP) is 4.60. The van der Waals surface area contributed by atoms with E-state index in [4.69, 9.17) is 4.74 Å². The second-order valence-electron chi connectivity index (χ2n) is 6.90. The Morgan fingerprint density at radius 1 is 1.11 bits per heavy atom. The summed E-state index contributed by atoms with van der Waals surface area (Å²) in [6.45, 7) is 7.56. The lowest BCUT2D eigenvalue weighted by molar-refractivity contribution is -0.148. The van der Waals surface area contributed by atoms with Crippen LogP contribution >= 0.6 is 0 Å². The standard InChI is InChI=1S/C23H24N2O3/c1-15(2)19-10-8-18(9-11-19)13-20(14-24)23(27)28-17(4)22(26)25-21-7-5-6-16(3)12-21/h5-13,15,17H,1-4H3,(H,25,26)/b20-13+/t17-/m1/s1. The van der Waals surface area contributed by atoms with Gasteiger partial charge in [-0.1, -0.05) is 50.2 Å². The number of carbonyl (C=O) groups excluding carboxylic acids is 2. The van der Waals surface area contributed by atoms with Gasteiger partial charge in [0.15, 0.2) is 6.10 Å². The van der Waals surface area contributed by atoms with Crippen LogP contribution in [-0.2, 0) is 14.3 Å². The third-order valence-corrected chi connectivity index (χ3v) is 4.19. The molecule has 0 saturated carbocycles. The minimum Gasteiger partial charge on any atom is -0.448 e. The van der Waals surface area contributed by atoms with E-state index in [9.17, 15) is 14.9 Å². The van der Waals surface area contributed by atoms with Gasteiger partial charge in [0.2, 0.25) is 0 Å². The zero-order valence-electron chi connectivity index (χ0n) is 16.5. The Bertz CT molecular complexity index is 922. The van der Waals surface area contributed by atoms with Crippen LogP contribution < -0.4 is 5.32 Å². The highest BCUT2D eigenvalue weighted by Gasteiger charge is 2.20. The summed E-state index contributed by atoms with van der Waals surface area (Å²) >= 11 is 0. The average molecular weight is 376 g/mol. The van der Waals surface area contributed by atoms with Gasteiger partial charge in [0.25, 0.3) is 5.91 Å². The Labute approximate surface area is 165 Å². The minimum atomic E-state index is -1.03. The number of nitrogens with one attached hydrogen (secondary N) is 1. The summed E-state index contributed by atoms with van der Waals surface area (Å²) < 4.78 is 5.16. The van der Waals surface area contributed by atoms with Crippen molar-refractivity contribution in [2.75, 3.05) is 5.32 Å². The fourth-order valence-corrected chi connectivity index (χ4v) is 2.52. The zero-order valence-corrected chi connectivity index (χ0v) is 16.5. The number of aryl methyl sites for hydroxylation is 1. The highest BCUT2D eigenvalue weighted by atomic mass is 16.5. The van der Waals surface area contributed by atoms with Gasteiger partial charge in [0, 0.05) is 5.69 Å². The van der Waals surface area contributed by atoms with Crippen molar-refractivity contribution in [3.05, 3.63) is 70.8 Å². The molecule has 0 radical (unpaired) electrons. The van der Waals surface area contributed by atoms with Crippen LogP contribution in [0.5, 0.6) is 0 Å². The minimum absolute atomic E-state index is 0.160. The van der Waals surface area contributed by atoms with Crippen molar-refractivity contribution in [2.24, 2.45) is 0 Å². The highest BCUT2D eigenvalue weighted by Crippen LogP contribution is 2.17. The molecule has 5 nitrogen and oxygen atoms in total. The molecular formula is C23H24N2O3. The molecule has 0 heterocycles. The number of esters is 1. The molecule has 0 bridgehead atoms. The van der Waals surface area contributed by atoms with Gasteiger partial charge in [-0.05, 0) is 54.7 Å². The van der Waals surface area contributed by atoms with Gasteiger partial charge in [-0.15, -0.1) is 0 Å². The number of nitrogens with zero attached hydrogens (tertiary/aromatic N) is 1. The van der Waals surface area contributed by atoms with Crippen LogP contribution in [0.1, 0.15) is 43.4 Å². The lowest BCUT2D eigenvalue weighted by Gasteiger charge is -2.13. The van der Waals surface area contributed by atoms with E-state index in [0.717, 1.165) is 11.1 Å². The van der Waals surface area contributed by atoms with Crippen molar-refractivity contribution in [3.63, 3.8) is 0 Å². The van der Waals surface area contributed by atoms with Crippen LogP contribution in [-0.4, -0.2) is 18.0 Å². The fraction of sp³-hybridized carbons (Fsp3) is 0.261. The van der Waals surface area contributed by atoms with Crippen molar-refractivity contribution in [2.45, 2.75) is 39.7 Å². The van der Waals surface area contributed by atoms with Gasteiger partial charge >= 0.3 is 5.97 Å². The predicted molar refractivity (Wildman–Crippen MR) is 109 cm³/mol. The third-order valence-electron chi connectivity index (χ3n) is 4.19. The number of rotatable bonds is 6. The first-order valence-corrected chi connectivity index (χ1v) is 9.10. The van der Waals surface area contributed by atoms with Crippen LogP contribution in [0.15, 0.2) is 54.1 Å². The maximum atomic E-state index is 12.3. The average Bonchev–Trinajstić information content (AvgIpc) is 2.66. The summed E-state index contributed by atoms with van der Waals surface area (Å²) in [7, 11) is 0. The molecule has 5 heteroatoms. The van der Waals surface area contributed by atoms with Crippen molar-refractivity contribution in [1.82, 2.24) is 0 Å². The molecule has 0 aliphatic carbocycles. The maximum absolute atomic E-state index is 12.3. The van der Waals surface area contributed by atoms with E-state index in [1.165, 1.54) is 18.6 Å². The SMILES string of the molecule is Cc1cccc(NC(=O)[C@@H](C)OC(=O)/C(C#N)=C/c2ccc(C(C)C)cc2)c1. The highest BCUT2D eigenvalue weighted by molar-refractivity contribution is 6.01. The molecule has 0 aliphatic rings. The smallest absolute Gasteiger partial charge is 0.349 e. The Morgan fingerprint density at radius 2 is 1.79 bits per heavy atom. The molecule has 1 atom stereocenters. The monoisotopic (exact) mass is 376 g/mol. The molecule has 0 saturated heterocycles. The van der Waals surface area contributed by atoms with Crippen LogP contribution in [0.2, 0.25) is 0 Å². The van der Waals surface area contributed by atoms with Crippen molar-refractivity contribution >= 4 is 23.6 Å². The number of anilines is 1. The Balaban J connectivity index is 2.04. The van der Waals surface area contributed by atoms with Crippen molar-refractivity contribution < 1.29 is 14.3 Å². The molecule has 2 aromatic rings. The number of carbonyl (C=O) groups is 2. The second-order valence-corrected chi connectivity index (χ2v) is 6.90. The van der Waals surface area contributed by atoms with Gasteiger partial charge in [-0.2, -0.15) is 5.26 Å². The van der Waals surface area contributed by atoms with E-state index in [1.54, 1.807) is 6.07 Å². The quantitative estimate of drug-likeness (QED) is 0.454. The summed E-state index contributed by atoms with van der Waals surface area (Å²) in [6, 6.07) is 16.7. The first kappa shape index (κ1) is 20.9. The van der Waals surface area contributed by atoms with Crippen molar-refractivity contribution in [1.29, 1.82) is 5.26 Å². The van der Waals surface area contributed by atoms with Crippen LogP contribution in [0.3, 0.4) is 0 Å². The van der Waals surface area contributed by atoms with Crippen LogP contribution in [0.4, 0.5) is 5.69 Å². The summed E-state index contributed by atoms with van der Waals surface area (Å²) in [4.78, 5) is 24.5. The Hall–Kier alpha value is -3.39. The van der Waals surface area contributed by atoms with Crippen LogP contribution in [0, 0.1) is 18.3 Å². The largest absolute Gasteiger partial charge is 0.448 e. The van der Waals surface area contributed by atoms with Crippen LogP contribution in [0.25, 0.3) is 6.08 Å². The molecule has 2 rings (SSSR count). The lowest BCUT2D eigenvalue weighted by atomic mass is 10.0. The maximum Gasteiger partial charge on any atom is 0.349 e. The van der Waals surface area contributed by atoms with E-state index < -0.39 is 18.0 Å². The van der Waals surface area contributed by atoms with E-state index in [0.29, 0.717) is 11.6 Å². The number of benzene rings is 2. The van der Waals surface area contributed by atoms with Crippen molar-refractivity contribution in [3.8, 4) is 6.07 Å². The molecule has 28 heavy (non-hydrogen) atoms. The van der Waals surface area contributed by atoms with E-state index >= 15 is 0 Å². The lowest BCUT2D eigenvalue weighted by Crippen LogP contribution is -2.30. The number of hydrogen-bond acceptors (Lipinski definition) is 4. The summed E-state index contributed by atoms with van der Waals surface area (Å²) in [5.41, 5.74) is 3.34. The van der Waals surface area contributed by atoms with Gasteiger partial charge in [0.05, 0.1) is 0 Å². The first-order chi connectivity index (χ1) is 13.3. The molecule has 0 aliphatic heterocycles. The topological polar surface area (TPSA) is 79.2 Å². The first-order valence-electron chi connectivity index (χ1n) is 9.10. The molecule has 1 N–H and O–H groups in total. The number of ether oxygens (including phenoxy) is 1. The molecule has 0 unspecified atom stereocenters. The molecule has 0 aromatic heterocycles. The number of amides is 1. The molecule has 1 amide bonds. The van der Waals surface area contributed by atoms with Gasteiger partial charge in [0.1, 0.15) is 11.6 Å². The Morgan fingerprint density at radius 3 is 2.36 bits per heavy atom. The summed E-state index contributed by atoms with van der Waals surface area (Å²) in [6.07, 6.45) is 0.422. The van der Waals surface area contributed by atoms with Gasteiger partial charge in [-0.3, -0.25) is 4.79 Å². The van der Waals surface area contributed by atoms with E-state index in [1.807, 2.05) is 55.5 Å². The van der Waals surface area contributed by atoms with Gasteiger partial charge < -0.3 is 10.1 Å². The molecule has 2 aromatic carbocycles. The van der Waals surface area contributed by atoms with Gasteiger partial charge in [-0.25, -0.2) is 4.79 Å². The summed E-state index contributed by atoms with van der Waals surface area (Å²) in [5, 5.41) is 12.0. The summed E-state index contributed by atoms with van der Waals surface area (Å²) in [5.74, 6) is -0.897. The molecular weight excluding hydrogens is 352 g/mol. The molecule has 144 valence electrons. The van der Waals surface area contributed by atoms with E-state index in [2.05, 4.69) is 19.2 Å². The normalized spacial score (nSPS) is 12.2. The third kappa shape index (κ3) is 5.82. The second kappa shape index (κ2) is 9.52. The number of hydrogen-bond donors (Lipinski definition) is 1.